The number of methoxy groups -OCH3 is 1. The molecule has 0 bridgehead atoms. The molecule has 47 heavy (non-hydrogen) atoms. The minimum atomic E-state index is -1.08. The number of nitrogens with zero attached hydrogens (tertiary/aromatic N) is 3. The van der Waals surface area contributed by atoms with Gasteiger partial charge in [-0.15, -0.1) is 0 Å². The van der Waals surface area contributed by atoms with E-state index < -0.39 is 29.3 Å². The van der Waals surface area contributed by atoms with Gasteiger partial charge in [0.2, 0.25) is 0 Å². The summed E-state index contributed by atoms with van der Waals surface area (Å²) in [4.78, 5) is 43.1. The van der Waals surface area contributed by atoms with E-state index in [4.69, 9.17) is 15.2 Å². The highest BCUT2D eigenvalue weighted by atomic mass is 19.1. The summed E-state index contributed by atoms with van der Waals surface area (Å²) in [7, 11) is 1.55. The maximum absolute atomic E-state index is 15.3. The lowest BCUT2D eigenvalue weighted by Crippen LogP contribution is -2.37. The van der Waals surface area contributed by atoms with Crippen LogP contribution in [0.2, 0.25) is 0 Å². The third-order valence-electron chi connectivity index (χ3n) is 8.10. The number of pyridine rings is 1. The molecule has 12 heteroatoms. The molecule has 2 unspecified atom stereocenters. The average Bonchev–Trinajstić information content (AvgIpc) is 3.29. The Kier molecular flexibility index (Phi) is 9.71. The fourth-order valence-electron chi connectivity index (χ4n) is 5.64. The van der Waals surface area contributed by atoms with Crippen molar-refractivity contribution in [2.24, 2.45) is 17.6 Å². The number of rotatable bonds is 12. The molecule has 0 radical (unpaired) electrons. The number of carboxylic acid groups (broad SMARTS) is 1. The Morgan fingerprint density at radius 2 is 1.79 bits per heavy atom. The second kappa shape index (κ2) is 13.9. The number of amides is 1. The van der Waals surface area contributed by atoms with Gasteiger partial charge in [0.1, 0.15) is 23.1 Å². The highest BCUT2D eigenvalue weighted by Crippen LogP contribution is 2.33. The van der Waals surface area contributed by atoms with Gasteiger partial charge >= 0.3 is 5.97 Å². The summed E-state index contributed by atoms with van der Waals surface area (Å²) in [5.41, 5.74) is 6.88. The monoisotopic (exact) mass is 641 g/mol. The van der Waals surface area contributed by atoms with E-state index in [1.165, 1.54) is 16.8 Å². The number of anilines is 1. The van der Waals surface area contributed by atoms with Crippen molar-refractivity contribution in [3.63, 3.8) is 0 Å². The summed E-state index contributed by atoms with van der Waals surface area (Å²) in [5, 5.41) is 12.6. The van der Waals surface area contributed by atoms with Crippen LogP contribution in [0.1, 0.15) is 36.3 Å². The van der Waals surface area contributed by atoms with Crippen LogP contribution in [-0.2, 0) is 11.3 Å². The van der Waals surface area contributed by atoms with Gasteiger partial charge in [-0.05, 0) is 67.6 Å². The Morgan fingerprint density at radius 3 is 2.47 bits per heavy atom. The number of para-hydroxylation sites is 1. The van der Waals surface area contributed by atoms with E-state index in [1.807, 2.05) is 13.0 Å². The summed E-state index contributed by atoms with van der Waals surface area (Å²) >= 11 is 0. The highest BCUT2D eigenvalue weighted by molar-refractivity contribution is 6.05. The Morgan fingerprint density at radius 1 is 1.04 bits per heavy atom. The fraction of sp³-hybridized carbons (Fsp3) is 0.257. The molecule has 1 amide bonds. The molecule has 2 aromatic heterocycles. The molecular weight excluding hydrogens is 605 g/mol. The first-order chi connectivity index (χ1) is 22.5. The van der Waals surface area contributed by atoms with Gasteiger partial charge in [0.05, 0.1) is 24.0 Å². The summed E-state index contributed by atoms with van der Waals surface area (Å²) < 4.78 is 29.5. The molecule has 3 atom stereocenters. The zero-order valence-corrected chi connectivity index (χ0v) is 26.4. The lowest BCUT2D eigenvalue weighted by molar-refractivity contribution is -0.139. The molecule has 0 saturated heterocycles. The number of halogens is 1. The number of benzene rings is 3. The summed E-state index contributed by atoms with van der Waals surface area (Å²) in [6, 6.07) is 18.8. The van der Waals surface area contributed by atoms with Crippen LogP contribution in [0.25, 0.3) is 16.6 Å². The van der Waals surface area contributed by atoms with Crippen molar-refractivity contribution < 1.29 is 28.6 Å². The van der Waals surface area contributed by atoms with Crippen molar-refractivity contribution in [3.05, 3.63) is 106 Å². The third kappa shape index (κ3) is 7.02. The van der Waals surface area contributed by atoms with Crippen LogP contribution < -0.4 is 26.1 Å². The van der Waals surface area contributed by atoms with Gasteiger partial charge in [0, 0.05) is 35.9 Å². The van der Waals surface area contributed by atoms with E-state index in [9.17, 15) is 19.5 Å². The Labute approximate surface area is 270 Å². The number of nitrogens with one attached hydrogen (secondary N) is 1. The van der Waals surface area contributed by atoms with Crippen LogP contribution in [-0.4, -0.2) is 44.5 Å². The second-order valence-electron chi connectivity index (χ2n) is 11.6. The molecule has 3 aromatic carbocycles. The number of ether oxygens (including phenoxy) is 2. The second-order valence-corrected chi connectivity index (χ2v) is 11.6. The molecule has 0 saturated carbocycles. The van der Waals surface area contributed by atoms with Gasteiger partial charge < -0.3 is 25.6 Å². The molecule has 0 aliphatic carbocycles. The number of carbonyl (C=O) groups is 2. The Balaban J connectivity index is 1.40. The molecule has 11 nitrogen and oxygen atoms in total. The molecule has 0 aliphatic heterocycles. The molecule has 2 heterocycles. The lowest BCUT2D eigenvalue weighted by atomic mass is 9.91. The lowest BCUT2D eigenvalue weighted by Gasteiger charge is -2.22. The predicted molar refractivity (Wildman–Crippen MR) is 176 cm³/mol. The number of aromatic nitrogens is 3. The van der Waals surface area contributed by atoms with E-state index >= 15 is 4.39 Å². The van der Waals surface area contributed by atoms with Gasteiger partial charge in [0.25, 0.3) is 11.5 Å². The van der Waals surface area contributed by atoms with E-state index in [0.717, 1.165) is 6.07 Å². The SMILES string of the molecule is COc1ccc2c(Oc3ccc(NC(=O)c4c(C)n(C[C@@H](C)CC(C)C(N)C(=O)O)n(-c5ccccc5)c4=O)cc3F)ccnc2c1. The maximum Gasteiger partial charge on any atom is 0.320 e. The first-order valence-corrected chi connectivity index (χ1v) is 15.1. The minimum Gasteiger partial charge on any atom is -0.497 e. The average molecular weight is 642 g/mol. The normalized spacial score (nSPS) is 13.1. The zero-order chi connectivity index (χ0) is 33.8. The van der Waals surface area contributed by atoms with E-state index in [-0.39, 0.29) is 28.8 Å². The summed E-state index contributed by atoms with van der Waals surface area (Å²) in [6.07, 6.45) is 2.03. The quantitative estimate of drug-likeness (QED) is 0.156. The number of nitrogens with two attached hydrogens (primary N) is 1. The highest BCUT2D eigenvalue weighted by Gasteiger charge is 2.27. The van der Waals surface area contributed by atoms with Crippen LogP contribution in [0.4, 0.5) is 10.1 Å². The number of fused-ring (bicyclic) bond motifs is 1. The summed E-state index contributed by atoms with van der Waals surface area (Å²) in [5.74, 6) is -1.96. The number of hydrogen-bond donors (Lipinski definition) is 3. The van der Waals surface area contributed by atoms with Crippen molar-refractivity contribution in [3.8, 4) is 22.9 Å². The van der Waals surface area contributed by atoms with Crippen molar-refractivity contribution >= 4 is 28.5 Å². The molecule has 0 spiro atoms. The smallest absolute Gasteiger partial charge is 0.320 e. The van der Waals surface area contributed by atoms with E-state index in [2.05, 4.69) is 10.3 Å². The third-order valence-corrected chi connectivity index (χ3v) is 8.10. The van der Waals surface area contributed by atoms with Crippen molar-refractivity contribution in [1.29, 1.82) is 0 Å². The summed E-state index contributed by atoms with van der Waals surface area (Å²) in [6.45, 7) is 5.69. The Bertz CT molecular complexity index is 1990. The Hall–Kier alpha value is -5.49. The van der Waals surface area contributed by atoms with Crippen LogP contribution >= 0.6 is 0 Å². The van der Waals surface area contributed by atoms with Crippen LogP contribution in [0.5, 0.6) is 17.2 Å². The van der Waals surface area contributed by atoms with Crippen LogP contribution in [0, 0.1) is 24.6 Å². The molecule has 0 fully saturated rings. The fourth-order valence-corrected chi connectivity index (χ4v) is 5.64. The molecule has 5 aromatic rings. The topological polar surface area (TPSA) is 151 Å². The molecule has 244 valence electrons. The molecule has 5 rings (SSSR count). The maximum atomic E-state index is 15.3. The number of carboxylic acids is 1. The van der Waals surface area contributed by atoms with E-state index in [0.29, 0.717) is 46.7 Å². The number of aliphatic carboxylic acids is 1. The van der Waals surface area contributed by atoms with Gasteiger partial charge in [0.15, 0.2) is 11.6 Å². The minimum absolute atomic E-state index is 0.0640. The van der Waals surface area contributed by atoms with Gasteiger partial charge in [-0.25, -0.2) is 9.07 Å². The standard InChI is InChI=1S/C35H36FN5O6/c1-20(16-21(2)32(37)35(44)45)19-40-22(3)31(34(43)41(40)24-8-6-5-7-9-24)33(42)39-23-10-13-30(27(36)17-23)47-29-14-15-38-28-18-25(46-4)11-12-26(28)29/h5-15,17-18,20-21,32H,16,19,37H2,1-4H3,(H,39,42)(H,44,45)/t20-,21?,32?/m0/s1. The largest absolute Gasteiger partial charge is 0.497 e. The zero-order valence-electron chi connectivity index (χ0n) is 26.4. The molecular formula is C35H36FN5O6. The first-order valence-electron chi connectivity index (χ1n) is 15.1. The molecule has 0 aliphatic rings. The van der Waals surface area contributed by atoms with Crippen LogP contribution in [0.3, 0.4) is 0 Å². The number of carbonyl (C=O) groups excluding carboxylic acids is 1. The number of hydrogen-bond acceptors (Lipinski definition) is 7. The van der Waals surface area contributed by atoms with E-state index in [1.54, 1.807) is 80.4 Å². The molecule has 4 N–H and O–H groups in total. The van der Waals surface area contributed by atoms with Crippen molar-refractivity contribution in [1.82, 2.24) is 14.3 Å². The van der Waals surface area contributed by atoms with Gasteiger partial charge in [-0.3, -0.25) is 24.0 Å². The van der Waals surface area contributed by atoms with Crippen molar-refractivity contribution in [2.45, 2.75) is 39.8 Å². The first kappa shape index (κ1) is 32.9. The van der Waals surface area contributed by atoms with Gasteiger partial charge in [-0.2, -0.15) is 0 Å². The van der Waals surface area contributed by atoms with Crippen molar-refractivity contribution in [2.75, 3.05) is 12.4 Å². The van der Waals surface area contributed by atoms with Gasteiger partial charge in [-0.1, -0.05) is 32.0 Å². The van der Waals surface area contributed by atoms with Crippen LogP contribution in [0.15, 0.2) is 83.8 Å². The predicted octanol–water partition coefficient (Wildman–Crippen LogP) is 5.76.